The molecule has 0 saturated carbocycles. The van der Waals surface area contributed by atoms with Crippen molar-refractivity contribution in [3.05, 3.63) is 29.6 Å². The number of hydrogen-bond acceptors (Lipinski definition) is 3. The fourth-order valence-corrected chi connectivity index (χ4v) is 2.97. The molecule has 3 rings (SSSR count). The third-order valence-corrected chi connectivity index (χ3v) is 4.18. The van der Waals surface area contributed by atoms with Crippen molar-refractivity contribution in [2.75, 3.05) is 26.2 Å². The van der Waals surface area contributed by atoms with Crippen molar-refractivity contribution in [3.8, 4) is 0 Å². The van der Waals surface area contributed by atoms with Crippen molar-refractivity contribution in [1.29, 1.82) is 0 Å². The number of rotatable bonds is 1. The molecule has 25 heavy (non-hydrogen) atoms. The largest absolute Gasteiger partial charge is 0.342 e. The van der Waals surface area contributed by atoms with Crippen LogP contribution >= 0.6 is 0 Å². The van der Waals surface area contributed by atoms with Crippen LogP contribution < -0.4 is 5.32 Å². The minimum Gasteiger partial charge on any atom is -0.342 e. The van der Waals surface area contributed by atoms with Crippen molar-refractivity contribution in [3.63, 3.8) is 0 Å². The van der Waals surface area contributed by atoms with Crippen molar-refractivity contribution in [1.82, 2.24) is 25.1 Å². The van der Waals surface area contributed by atoms with Gasteiger partial charge in [-0.2, -0.15) is 0 Å². The Hall–Kier alpha value is -2.57. The quantitative estimate of drug-likeness (QED) is 0.832. The number of fused-ring (bicyclic) bond motifs is 1. The van der Waals surface area contributed by atoms with Crippen molar-refractivity contribution in [2.24, 2.45) is 0 Å². The van der Waals surface area contributed by atoms with E-state index in [2.05, 4.69) is 15.3 Å². The molecule has 0 spiro atoms. The Morgan fingerprint density at radius 1 is 1.12 bits per heavy atom. The summed E-state index contributed by atoms with van der Waals surface area (Å²) in [6, 6.07) is 5.44. The van der Waals surface area contributed by atoms with Gasteiger partial charge in [0.2, 0.25) is 0 Å². The summed E-state index contributed by atoms with van der Waals surface area (Å²) in [5.41, 5.74) is 2.11. The van der Waals surface area contributed by atoms with Gasteiger partial charge < -0.3 is 20.1 Å². The van der Waals surface area contributed by atoms with E-state index in [9.17, 15) is 9.59 Å². The molecule has 1 saturated heterocycles. The van der Waals surface area contributed by atoms with E-state index in [0.29, 0.717) is 31.7 Å². The molecule has 3 amide bonds. The van der Waals surface area contributed by atoms with E-state index in [1.54, 1.807) is 9.80 Å². The Labute approximate surface area is 147 Å². The van der Waals surface area contributed by atoms with E-state index in [-0.39, 0.29) is 17.5 Å². The van der Waals surface area contributed by atoms with Gasteiger partial charge in [-0.15, -0.1) is 0 Å². The second-order valence-electron chi connectivity index (χ2n) is 7.51. The maximum absolute atomic E-state index is 12.7. The molecule has 1 aliphatic rings. The van der Waals surface area contributed by atoms with E-state index in [1.807, 2.05) is 45.9 Å². The number of hydrogen-bond donors (Lipinski definition) is 2. The number of nitrogens with zero attached hydrogens (tertiary/aromatic N) is 3. The van der Waals surface area contributed by atoms with Crippen LogP contribution in [0.2, 0.25) is 0 Å². The first-order chi connectivity index (χ1) is 11.7. The molecule has 0 aliphatic carbocycles. The Morgan fingerprint density at radius 2 is 1.76 bits per heavy atom. The van der Waals surface area contributed by atoms with Gasteiger partial charge in [-0.1, -0.05) is 0 Å². The molecule has 1 aromatic carbocycles. The lowest BCUT2D eigenvalue weighted by molar-refractivity contribution is 0.0661. The lowest BCUT2D eigenvalue weighted by Crippen LogP contribution is -2.56. The Kier molecular flexibility index (Phi) is 4.41. The second-order valence-corrected chi connectivity index (χ2v) is 7.51. The maximum Gasteiger partial charge on any atom is 0.317 e. The number of urea groups is 1. The molecule has 2 N–H and O–H groups in total. The van der Waals surface area contributed by atoms with Gasteiger partial charge in [0.25, 0.3) is 5.91 Å². The predicted molar refractivity (Wildman–Crippen MR) is 96.6 cm³/mol. The molecule has 0 bridgehead atoms. The first-order valence-corrected chi connectivity index (χ1v) is 8.56. The maximum atomic E-state index is 12.7. The van der Waals surface area contributed by atoms with Crippen LogP contribution in [0.5, 0.6) is 0 Å². The zero-order chi connectivity index (χ0) is 18.2. The summed E-state index contributed by atoms with van der Waals surface area (Å²) >= 11 is 0. The molecule has 1 aromatic heterocycles. The average molecular weight is 343 g/mol. The van der Waals surface area contributed by atoms with E-state index in [0.717, 1.165) is 16.9 Å². The summed E-state index contributed by atoms with van der Waals surface area (Å²) in [6.45, 7) is 9.92. The van der Waals surface area contributed by atoms with Crippen LogP contribution in [-0.2, 0) is 0 Å². The van der Waals surface area contributed by atoms with Gasteiger partial charge in [-0.25, -0.2) is 9.78 Å². The fourth-order valence-electron chi connectivity index (χ4n) is 2.97. The number of aromatic amines is 1. The molecule has 2 aromatic rings. The van der Waals surface area contributed by atoms with Crippen LogP contribution in [0, 0.1) is 6.92 Å². The van der Waals surface area contributed by atoms with Crippen molar-refractivity contribution >= 4 is 23.0 Å². The third-order valence-electron chi connectivity index (χ3n) is 4.18. The van der Waals surface area contributed by atoms with Crippen LogP contribution in [0.25, 0.3) is 11.0 Å². The summed E-state index contributed by atoms with van der Waals surface area (Å²) < 4.78 is 0. The fraction of sp³-hybridized carbons (Fsp3) is 0.500. The molecule has 0 atom stereocenters. The minimum atomic E-state index is -0.262. The normalized spacial score (nSPS) is 15.5. The molecule has 134 valence electrons. The smallest absolute Gasteiger partial charge is 0.317 e. The first-order valence-electron chi connectivity index (χ1n) is 8.56. The Morgan fingerprint density at radius 3 is 2.40 bits per heavy atom. The van der Waals surface area contributed by atoms with Crippen LogP contribution in [0.3, 0.4) is 0 Å². The second kappa shape index (κ2) is 6.38. The van der Waals surface area contributed by atoms with E-state index in [1.165, 1.54) is 0 Å². The zero-order valence-electron chi connectivity index (χ0n) is 15.2. The first kappa shape index (κ1) is 17.3. The average Bonchev–Trinajstić information content (AvgIpc) is 2.91. The van der Waals surface area contributed by atoms with Gasteiger partial charge in [-0.05, 0) is 45.9 Å². The van der Waals surface area contributed by atoms with Gasteiger partial charge in [0, 0.05) is 37.3 Å². The van der Waals surface area contributed by atoms with Crippen molar-refractivity contribution in [2.45, 2.75) is 33.2 Å². The molecular weight excluding hydrogens is 318 g/mol. The number of benzene rings is 1. The highest BCUT2D eigenvalue weighted by Gasteiger charge is 2.26. The van der Waals surface area contributed by atoms with E-state index in [4.69, 9.17) is 0 Å². The van der Waals surface area contributed by atoms with Crippen LogP contribution in [0.4, 0.5) is 4.79 Å². The van der Waals surface area contributed by atoms with Gasteiger partial charge in [0.05, 0.1) is 11.0 Å². The number of aryl methyl sites for hydroxylation is 1. The van der Waals surface area contributed by atoms with Crippen LogP contribution in [0.1, 0.15) is 37.0 Å². The molecule has 2 heterocycles. The van der Waals surface area contributed by atoms with Crippen LogP contribution in [-0.4, -0.2) is 63.4 Å². The molecule has 1 aliphatic heterocycles. The minimum absolute atomic E-state index is 0.00923. The molecule has 7 heteroatoms. The number of aromatic nitrogens is 2. The third kappa shape index (κ3) is 3.92. The molecule has 1 fully saturated rings. The lowest BCUT2D eigenvalue weighted by atomic mass is 10.1. The highest BCUT2D eigenvalue weighted by atomic mass is 16.2. The number of carbonyl (C=O) groups is 2. The number of piperazine rings is 1. The monoisotopic (exact) mass is 343 g/mol. The van der Waals surface area contributed by atoms with Crippen LogP contribution in [0.15, 0.2) is 18.2 Å². The molecule has 0 radical (unpaired) electrons. The van der Waals surface area contributed by atoms with Crippen molar-refractivity contribution < 1.29 is 9.59 Å². The molecule has 7 nitrogen and oxygen atoms in total. The van der Waals surface area contributed by atoms with E-state index < -0.39 is 0 Å². The highest BCUT2D eigenvalue weighted by Crippen LogP contribution is 2.16. The lowest BCUT2D eigenvalue weighted by Gasteiger charge is -2.36. The molecule has 0 unspecified atom stereocenters. The Bertz CT molecular complexity index is 797. The topological polar surface area (TPSA) is 81.3 Å². The number of carbonyl (C=O) groups excluding carboxylic acids is 2. The molecular formula is C18H25N5O2. The summed E-state index contributed by atoms with van der Waals surface area (Å²) in [4.78, 5) is 36.0. The Balaban J connectivity index is 1.63. The summed E-state index contributed by atoms with van der Waals surface area (Å²) in [6.07, 6.45) is 0. The summed E-state index contributed by atoms with van der Waals surface area (Å²) in [5.74, 6) is 0.822. The SMILES string of the molecule is Cc1nc2ccc(C(=O)N3CCN(C(=O)NC(C)(C)C)CC3)cc2[nH]1. The highest BCUT2D eigenvalue weighted by molar-refractivity contribution is 5.97. The van der Waals surface area contributed by atoms with E-state index >= 15 is 0 Å². The number of H-pyrrole nitrogens is 1. The van der Waals surface area contributed by atoms with Gasteiger partial charge in [-0.3, -0.25) is 4.79 Å². The van der Waals surface area contributed by atoms with Gasteiger partial charge >= 0.3 is 6.03 Å². The standard InChI is InChI=1S/C18H25N5O2/c1-12-19-14-6-5-13(11-15(14)20-12)16(24)22-7-9-23(10-8-22)17(25)21-18(2,3)4/h5-6,11H,7-10H2,1-4H3,(H,19,20)(H,21,25). The number of imidazole rings is 1. The zero-order valence-corrected chi connectivity index (χ0v) is 15.2. The predicted octanol–water partition coefficient (Wildman–Crippen LogP) is 2.14. The summed E-state index contributed by atoms with van der Waals surface area (Å²) in [5, 5.41) is 2.96. The number of nitrogens with one attached hydrogen (secondary N) is 2. The summed E-state index contributed by atoms with van der Waals surface area (Å²) in [7, 11) is 0. The van der Waals surface area contributed by atoms with Gasteiger partial charge in [0.15, 0.2) is 0 Å². The van der Waals surface area contributed by atoms with Gasteiger partial charge in [0.1, 0.15) is 5.82 Å². The number of amides is 3.